The zero-order valence-corrected chi connectivity index (χ0v) is 12.7. The zero-order valence-electron chi connectivity index (χ0n) is 11.9. The molecule has 1 fully saturated rings. The summed E-state index contributed by atoms with van der Waals surface area (Å²) < 4.78 is 5.38. The lowest BCUT2D eigenvalue weighted by Gasteiger charge is -2.18. The van der Waals surface area contributed by atoms with Gasteiger partial charge in [-0.25, -0.2) is 0 Å². The molecular weight excluding hydrogens is 262 g/mol. The van der Waals surface area contributed by atoms with Crippen LogP contribution in [0.2, 0.25) is 0 Å². The van der Waals surface area contributed by atoms with E-state index < -0.39 is 0 Å². The second-order valence-corrected chi connectivity index (χ2v) is 6.21. The molecular formula is C13H21N3O2S. The normalized spacial score (nSPS) is 14.3. The van der Waals surface area contributed by atoms with E-state index in [0.717, 1.165) is 17.5 Å². The van der Waals surface area contributed by atoms with E-state index in [4.69, 9.17) is 10.5 Å². The topological polar surface area (TPSA) is 58.8 Å². The summed E-state index contributed by atoms with van der Waals surface area (Å²) in [7, 11) is 7.07. The van der Waals surface area contributed by atoms with Gasteiger partial charge in [0.05, 0.1) is 7.11 Å². The highest BCUT2D eigenvalue weighted by molar-refractivity contribution is 7.19. The fourth-order valence-corrected chi connectivity index (χ4v) is 3.18. The van der Waals surface area contributed by atoms with Crippen molar-refractivity contribution < 1.29 is 9.53 Å². The van der Waals surface area contributed by atoms with E-state index in [0.29, 0.717) is 16.3 Å². The summed E-state index contributed by atoms with van der Waals surface area (Å²) in [4.78, 5) is 16.3. The molecule has 19 heavy (non-hydrogen) atoms. The largest absolute Gasteiger partial charge is 0.492 e. The number of nitrogen functional groups attached to an aromatic ring is 1. The van der Waals surface area contributed by atoms with Crippen molar-refractivity contribution in [1.82, 2.24) is 4.90 Å². The van der Waals surface area contributed by atoms with Crippen molar-refractivity contribution in [2.24, 2.45) is 5.92 Å². The van der Waals surface area contributed by atoms with Crippen LogP contribution in [-0.2, 0) is 0 Å². The summed E-state index contributed by atoms with van der Waals surface area (Å²) in [6, 6.07) is 0. The number of methoxy groups -OCH3 is 1. The van der Waals surface area contributed by atoms with Crippen LogP contribution in [0.5, 0.6) is 5.75 Å². The highest BCUT2D eigenvalue weighted by Crippen LogP contribution is 2.45. The molecule has 0 bridgehead atoms. The number of hydrogen-bond donors (Lipinski definition) is 1. The quantitative estimate of drug-likeness (QED) is 0.896. The van der Waals surface area contributed by atoms with E-state index in [1.165, 1.54) is 29.1 Å². The SMILES string of the molecule is COc1c(N(C)CC2CC2)sc(C(=O)N(C)C)c1N. The molecule has 6 heteroatoms. The number of carbonyl (C=O) groups excluding carboxylic acids is 1. The third-order valence-corrected chi connectivity index (χ3v) is 4.55. The van der Waals surface area contributed by atoms with Crippen LogP contribution in [0.25, 0.3) is 0 Å². The fourth-order valence-electron chi connectivity index (χ4n) is 2.00. The summed E-state index contributed by atoms with van der Waals surface area (Å²) in [6.07, 6.45) is 2.58. The molecule has 1 heterocycles. The minimum Gasteiger partial charge on any atom is -0.492 e. The van der Waals surface area contributed by atoms with Crippen molar-refractivity contribution >= 4 is 27.9 Å². The van der Waals surface area contributed by atoms with Crippen LogP contribution in [0.15, 0.2) is 0 Å². The Bertz CT molecular complexity index is 480. The van der Waals surface area contributed by atoms with Crippen LogP contribution in [0, 0.1) is 5.92 Å². The first kappa shape index (κ1) is 14.0. The minimum absolute atomic E-state index is 0.0770. The third kappa shape index (κ3) is 2.78. The van der Waals surface area contributed by atoms with Crippen molar-refractivity contribution in [3.8, 4) is 5.75 Å². The lowest BCUT2D eigenvalue weighted by Crippen LogP contribution is -2.21. The van der Waals surface area contributed by atoms with Gasteiger partial charge in [0.15, 0.2) is 5.75 Å². The predicted molar refractivity (Wildman–Crippen MR) is 79.3 cm³/mol. The first-order chi connectivity index (χ1) is 8.95. The van der Waals surface area contributed by atoms with E-state index in [1.54, 1.807) is 21.2 Å². The Morgan fingerprint density at radius 1 is 1.42 bits per heavy atom. The maximum absolute atomic E-state index is 12.1. The maximum Gasteiger partial charge on any atom is 0.265 e. The van der Waals surface area contributed by atoms with Crippen molar-refractivity contribution in [2.75, 3.05) is 45.4 Å². The number of nitrogens with two attached hydrogens (primary N) is 1. The molecule has 0 aromatic carbocycles. The zero-order chi connectivity index (χ0) is 14.2. The molecule has 0 spiro atoms. The second kappa shape index (κ2) is 5.28. The lowest BCUT2D eigenvalue weighted by atomic mass is 10.3. The van der Waals surface area contributed by atoms with Crippen LogP contribution >= 0.6 is 11.3 Å². The van der Waals surface area contributed by atoms with Crippen LogP contribution in [0.3, 0.4) is 0 Å². The molecule has 0 atom stereocenters. The molecule has 1 aromatic rings. The maximum atomic E-state index is 12.1. The number of amides is 1. The average molecular weight is 283 g/mol. The van der Waals surface area contributed by atoms with Gasteiger partial charge in [0, 0.05) is 27.7 Å². The summed E-state index contributed by atoms with van der Waals surface area (Å²) in [5.41, 5.74) is 6.50. The van der Waals surface area contributed by atoms with E-state index >= 15 is 0 Å². The van der Waals surface area contributed by atoms with Crippen molar-refractivity contribution in [1.29, 1.82) is 0 Å². The van der Waals surface area contributed by atoms with Gasteiger partial charge >= 0.3 is 0 Å². The standard InChI is InChI=1S/C13H21N3O2S/c1-15(2)12(17)11-9(14)10(18-4)13(19-11)16(3)7-8-5-6-8/h8H,5-7,14H2,1-4H3. The monoisotopic (exact) mass is 283 g/mol. The summed E-state index contributed by atoms with van der Waals surface area (Å²) in [6.45, 7) is 0.992. The first-order valence-corrected chi connectivity index (χ1v) is 7.16. The number of nitrogens with zero attached hydrogens (tertiary/aromatic N) is 2. The van der Waals surface area contributed by atoms with E-state index in [2.05, 4.69) is 4.90 Å². The average Bonchev–Trinajstić information content (AvgIpc) is 3.10. The molecule has 0 saturated heterocycles. The Morgan fingerprint density at radius 3 is 2.53 bits per heavy atom. The van der Waals surface area contributed by atoms with E-state index in [1.807, 2.05) is 7.05 Å². The Morgan fingerprint density at radius 2 is 2.05 bits per heavy atom. The number of anilines is 2. The van der Waals surface area contributed by atoms with E-state index in [9.17, 15) is 4.79 Å². The first-order valence-electron chi connectivity index (χ1n) is 6.34. The van der Waals surface area contributed by atoms with Gasteiger partial charge in [-0.05, 0) is 18.8 Å². The molecule has 5 nitrogen and oxygen atoms in total. The van der Waals surface area contributed by atoms with Crippen LogP contribution < -0.4 is 15.4 Å². The number of thiophene rings is 1. The number of hydrogen-bond acceptors (Lipinski definition) is 5. The Kier molecular flexibility index (Phi) is 3.89. The Hall–Kier alpha value is -1.43. The summed E-state index contributed by atoms with van der Waals surface area (Å²) >= 11 is 1.41. The Labute approximate surface area is 117 Å². The Balaban J connectivity index is 2.31. The molecule has 0 aliphatic heterocycles. The molecule has 1 amide bonds. The highest BCUT2D eigenvalue weighted by atomic mass is 32.1. The molecule has 1 aliphatic rings. The van der Waals surface area contributed by atoms with Crippen molar-refractivity contribution in [3.05, 3.63) is 4.88 Å². The summed E-state index contributed by atoms with van der Waals surface area (Å²) in [5, 5.41) is 0.942. The van der Waals surface area contributed by atoms with E-state index in [-0.39, 0.29) is 5.91 Å². The molecule has 1 aromatic heterocycles. The van der Waals surface area contributed by atoms with Gasteiger partial charge < -0.3 is 20.3 Å². The highest BCUT2D eigenvalue weighted by Gasteiger charge is 2.28. The summed E-state index contributed by atoms with van der Waals surface area (Å²) in [5.74, 6) is 1.32. The van der Waals surface area contributed by atoms with Crippen molar-refractivity contribution in [3.63, 3.8) is 0 Å². The van der Waals surface area contributed by atoms with Crippen LogP contribution in [0.1, 0.15) is 22.5 Å². The van der Waals surface area contributed by atoms with Gasteiger partial charge in [0.25, 0.3) is 5.91 Å². The molecule has 106 valence electrons. The molecule has 1 aliphatic carbocycles. The van der Waals surface area contributed by atoms with Gasteiger partial charge in [-0.2, -0.15) is 0 Å². The third-order valence-electron chi connectivity index (χ3n) is 3.26. The van der Waals surface area contributed by atoms with Gasteiger partial charge in [-0.3, -0.25) is 4.79 Å². The van der Waals surface area contributed by atoms with Crippen LogP contribution in [-0.4, -0.2) is 45.6 Å². The van der Waals surface area contributed by atoms with Crippen LogP contribution in [0.4, 0.5) is 10.7 Å². The lowest BCUT2D eigenvalue weighted by molar-refractivity contribution is 0.0833. The van der Waals surface area contributed by atoms with Gasteiger partial charge in [0.2, 0.25) is 0 Å². The minimum atomic E-state index is -0.0770. The van der Waals surface area contributed by atoms with Gasteiger partial charge in [0.1, 0.15) is 15.6 Å². The molecule has 2 rings (SSSR count). The molecule has 0 unspecified atom stereocenters. The molecule has 1 saturated carbocycles. The number of rotatable bonds is 5. The molecule has 0 radical (unpaired) electrons. The number of ether oxygens (including phenoxy) is 1. The molecule has 2 N–H and O–H groups in total. The second-order valence-electron chi connectivity index (χ2n) is 5.21. The van der Waals surface area contributed by atoms with Crippen molar-refractivity contribution in [2.45, 2.75) is 12.8 Å². The smallest absolute Gasteiger partial charge is 0.265 e. The predicted octanol–water partition coefficient (Wildman–Crippen LogP) is 1.89. The number of carbonyl (C=O) groups is 1. The fraction of sp³-hybridized carbons (Fsp3) is 0.615. The van der Waals surface area contributed by atoms with Gasteiger partial charge in [-0.15, -0.1) is 11.3 Å². The van der Waals surface area contributed by atoms with Gasteiger partial charge in [-0.1, -0.05) is 0 Å².